The van der Waals surface area contributed by atoms with E-state index in [-0.39, 0.29) is 34.8 Å². The molecule has 0 N–H and O–H groups in total. The van der Waals surface area contributed by atoms with E-state index in [0.717, 1.165) is 30.2 Å². The van der Waals surface area contributed by atoms with Gasteiger partial charge in [0.15, 0.2) is 5.75 Å². The van der Waals surface area contributed by atoms with Crippen LogP contribution in [0.5, 0.6) is 11.5 Å². The Kier molecular flexibility index (Phi) is 8.58. The van der Waals surface area contributed by atoms with Gasteiger partial charge in [0, 0.05) is 22.0 Å². The molecule has 1 aromatic heterocycles. The van der Waals surface area contributed by atoms with Crippen LogP contribution in [0.4, 0.5) is 5.69 Å². The number of nitro groups is 1. The topological polar surface area (TPSA) is 109 Å². The Morgan fingerprint density at radius 3 is 2.68 bits per heavy atom. The second-order valence-electron chi connectivity index (χ2n) is 9.22. The Bertz CT molecular complexity index is 1380. The minimum atomic E-state index is -0.494. The zero-order valence-corrected chi connectivity index (χ0v) is 22.9. The highest BCUT2D eigenvalue weighted by Gasteiger charge is 2.25. The first-order chi connectivity index (χ1) is 17.8. The molecule has 0 bridgehead atoms. The minimum absolute atomic E-state index is 0.0932. The number of benzene rings is 2. The van der Waals surface area contributed by atoms with Crippen LogP contribution in [0.25, 0.3) is 10.9 Å². The maximum atomic E-state index is 13.6. The van der Waals surface area contributed by atoms with Crippen molar-refractivity contribution in [3.8, 4) is 11.5 Å². The lowest BCUT2D eigenvalue weighted by molar-refractivity contribution is -0.386. The number of nitro benzene ring substituents is 1. The Morgan fingerprint density at radius 2 is 2.00 bits per heavy atom. The van der Waals surface area contributed by atoms with Gasteiger partial charge in [0.25, 0.3) is 5.56 Å². The van der Waals surface area contributed by atoms with Crippen molar-refractivity contribution in [2.45, 2.75) is 71.3 Å². The summed E-state index contributed by atoms with van der Waals surface area (Å²) >= 11 is 3.43. The lowest BCUT2D eigenvalue weighted by Crippen LogP contribution is -2.25. The molecule has 1 saturated carbocycles. The molecule has 196 valence electrons. The second-order valence-corrected chi connectivity index (χ2v) is 10.1. The lowest BCUT2D eigenvalue weighted by Gasteiger charge is -2.22. The van der Waals surface area contributed by atoms with E-state index in [0.29, 0.717) is 35.3 Å². The molecule has 10 heteroatoms. The van der Waals surface area contributed by atoms with Gasteiger partial charge in [-0.25, -0.2) is 4.98 Å². The van der Waals surface area contributed by atoms with Gasteiger partial charge in [-0.05, 0) is 57.4 Å². The van der Waals surface area contributed by atoms with Gasteiger partial charge in [0.2, 0.25) is 5.75 Å². The zero-order valence-electron chi connectivity index (χ0n) is 21.3. The van der Waals surface area contributed by atoms with Crippen LogP contribution >= 0.6 is 15.9 Å². The third-order valence-corrected chi connectivity index (χ3v) is 7.07. The molecular weight excluding hydrogens is 540 g/mol. The molecule has 1 fully saturated rings. The summed E-state index contributed by atoms with van der Waals surface area (Å²) < 4.78 is 13.7. The normalized spacial score (nSPS) is 15.2. The number of hydrogen-bond donors (Lipinski definition) is 0. The Labute approximate surface area is 223 Å². The summed E-state index contributed by atoms with van der Waals surface area (Å²) in [7, 11) is 0. The molecule has 0 aliphatic heterocycles. The number of ether oxygens (including phenoxy) is 2. The summed E-state index contributed by atoms with van der Waals surface area (Å²) in [6.07, 6.45) is 7.09. The molecule has 4 rings (SSSR count). The van der Waals surface area contributed by atoms with Crippen LogP contribution in [0.3, 0.4) is 0 Å². The molecule has 0 saturated heterocycles. The van der Waals surface area contributed by atoms with Gasteiger partial charge in [-0.15, -0.1) is 0 Å². The molecular formula is C27H31BrN4O5. The Balaban J connectivity index is 1.84. The average molecular weight is 571 g/mol. The van der Waals surface area contributed by atoms with Crippen LogP contribution in [-0.2, 0) is 0 Å². The van der Waals surface area contributed by atoms with E-state index >= 15 is 0 Å². The Hall–Kier alpha value is -3.27. The molecule has 1 aliphatic carbocycles. The first kappa shape index (κ1) is 26.8. The van der Waals surface area contributed by atoms with Gasteiger partial charge in [-0.2, -0.15) is 9.78 Å². The van der Waals surface area contributed by atoms with Gasteiger partial charge in [0.05, 0.1) is 34.8 Å². The Morgan fingerprint density at radius 1 is 1.24 bits per heavy atom. The van der Waals surface area contributed by atoms with E-state index in [1.165, 1.54) is 23.4 Å². The highest BCUT2D eigenvalue weighted by molar-refractivity contribution is 9.10. The fourth-order valence-corrected chi connectivity index (χ4v) is 4.87. The molecule has 37 heavy (non-hydrogen) atoms. The zero-order chi connectivity index (χ0) is 26.5. The number of aromatic nitrogens is 2. The van der Waals surface area contributed by atoms with E-state index in [1.54, 1.807) is 19.1 Å². The van der Waals surface area contributed by atoms with E-state index in [1.807, 2.05) is 26.0 Å². The molecule has 9 nitrogen and oxygen atoms in total. The van der Waals surface area contributed by atoms with E-state index in [9.17, 15) is 14.9 Å². The van der Waals surface area contributed by atoms with Gasteiger partial charge >= 0.3 is 5.69 Å². The highest BCUT2D eigenvalue weighted by atomic mass is 79.9. The molecule has 0 radical (unpaired) electrons. The molecule has 3 aromatic rings. The third-order valence-electron chi connectivity index (χ3n) is 6.57. The van der Waals surface area contributed by atoms with Crippen molar-refractivity contribution in [1.29, 1.82) is 0 Å². The summed E-state index contributed by atoms with van der Waals surface area (Å²) in [5, 5.41) is 16.9. The summed E-state index contributed by atoms with van der Waals surface area (Å²) in [5.41, 5.74) is 0.552. The highest BCUT2D eigenvalue weighted by Crippen LogP contribution is 2.39. The van der Waals surface area contributed by atoms with Crippen molar-refractivity contribution < 1.29 is 14.4 Å². The maximum Gasteiger partial charge on any atom is 0.315 e. The van der Waals surface area contributed by atoms with Gasteiger partial charge in [-0.3, -0.25) is 14.9 Å². The lowest BCUT2D eigenvalue weighted by atomic mass is 9.88. The minimum Gasteiger partial charge on any atom is -0.490 e. The van der Waals surface area contributed by atoms with Gasteiger partial charge in [-0.1, -0.05) is 42.1 Å². The number of hydrogen-bond acceptors (Lipinski definition) is 7. The van der Waals surface area contributed by atoms with E-state index < -0.39 is 4.92 Å². The van der Waals surface area contributed by atoms with Crippen LogP contribution < -0.4 is 15.0 Å². The van der Waals surface area contributed by atoms with Crippen LogP contribution in [0.2, 0.25) is 0 Å². The smallest absolute Gasteiger partial charge is 0.315 e. The maximum absolute atomic E-state index is 13.6. The quantitative estimate of drug-likeness (QED) is 0.163. The van der Waals surface area contributed by atoms with Crippen LogP contribution in [0.1, 0.15) is 76.6 Å². The monoisotopic (exact) mass is 570 g/mol. The summed E-state index contributed by atoms with van der Waals surface area (Å²) in [4.78, 5) is 29.8. The average Bonchev–Trinajstić information content (AvgIpc) is 2.89. The molecule has 1 aliphatic rings. The first-order valence-electron chi connectivity index (χ1n) is 12.7. The van der Waals surface area contributed by atoms with Crippen LogP contribution in [-0.4, -0.2) is 33.5 Å². The van der Waals surface area contributed by atoms with E-state index in [2.05, 4.69) is 21.0 Å². The van der Waals surface area contributed by atoms with Crippen molar-refractivity contribution in [3.05, 3.63) is 66.7 Å². The molecule has 2 aromatic carbocycles. The molecule has 1 heterocycles. The largest absolute Gasteiger partial charge is 0.490 e. The van der Waals surface area contributed by atoms with E-state index in [4.69, 9.17) is 14.5 Å². The molecule has 1 atom stereocenters. The molecule has 0 unspecified atom stereocenters. The molecule has 0 spiro atoms. The number of rotatable bonds is 9. The van der Waals surface area contributed by atoms with Crippen LogP contribution in [0, 0.1) is 10.1 Å². The van der Waals surface area contributed by atoms with Crippen molar-refractivity contribution in [2.24, 2.45) is 5.10 Å². The fraction of sp³-hybridized carbons (Fsp3) is 0.444. The van der Waals surface area contributed by atoms with Gasteiger partial charge < -0.3 is 9.47 Å². The first-order valence-corrected chi connectivity index (χ1v) is 13.5. The third kappa shape index (κ3) is 6.01. The fourth-order valence-electron chi connectivity index (χ4n) is 4.51. The number of halogens is 1. The predicted molar refractivity (Wildman–Crippen MR) is 147 cm³/mol. The predicted octanol–water partition coefficient (Wildman–Crippen LogP) is 6.57. The van der Waals surface area contributed by atoms with Crippen molar-refractivity contribution >= 4 is 38.7 Å². The summed E-state index contributed by atoms with van der Waals surface area (Å²) in [6.45, 7) is 5.90. The number of fused-ring (bicyclic) bond motifs is 1. The van der Waals surface area contributed by atoms with Crippen molar-refractivity contribution in [2.75, 3.05) is 6.61 Å². The van der Waals surface area contributed by atoms with Crippen LogP contribution in [0.15, 0.2) is 44.7 Å². The standard InChI is InChI=1S/C27H31BrN4O5/c1-4-17(3)37-25-23(32(34)35)13-18(14-24(25)36-5-2)16-29-31-26(19-9-7-6-8-10-19)30-22-12-11-20(28)15-21(22)27(31)33/h11-17,19H,4-10H2,1-3H3/t17-/m0/s1. The van der Waals surface area contributed by atoms with Crippen molar-refractivity contribution in [3.63, 3.8) is 0 Å². The number of nitrogens with zero attached hydrogens (tertiary/aromatic N) is 4. The van der Waals surface area contributed by atoms with Gasteiger partial charge in [0.1, 0.15) is 5.82 Å². The summed E-state index contributed by atoms with van der Waals surface area (Å²) in [5.74, 6) is 1.09. The second kappa shape index (κ2) is 11.9. The SMILES string of the molecule is CCOc1cc(C=Nn2c(C3CCCCC3)nc3ccc(Br)cc3c2=O)cc([N+](=O)[O-])c1O[C@@H](C)CC. The molecule has 0 amide bonds. The summed E-state index contributed by atoms with van der Waals surface area (Å²) in [6, 6.07) is 8.47. The van der Waals surface area contributed by atoms with Crippen molar-refractivity contribution in [1.82, 2.24) is 9.66 Å².